The Labute approximate surface area is 153 Å². The molecule has 0 amide bonds. The molecule has 1 aromatic carbocycles. The number of aromatic nitrogens is 2. The van der Waals surface area contributed by atoms with Gasteiger partial charge < -0.3 is 0 Å². The van der Waals surface area contributed by atoms with Crippen LogP contribution in [0.1, 0.15) is 22.0 Å². The first-order valence-electron chi connectivity index (χ1n) is 8.27. The van der Waals surface area contributed by atoms with Crippen molar-refractivity contribution in [3.8, 4) is 10.4 Å². The van der Waals surface area contributed by atoms with E-state index in [1.165, 1.54) is 21.5 Å². The van der Waals surface area contributed by atoms with E-state index in [2.05, 4.69) is 39.1 Å². The Balaban J connectivity index is 1.46. The lowest BCUT2D eigenvalue weighted by Crippen LogP contribution is -2.31. The average Bonchev–Trinajstić information content (AvgIpc) is 3.10. The minimum absolute atomic E-state index is 0.512. The van der Waals surface area contributed by atoms with Crippen molar-refractivity contribution in [1.29, 1.82) is 0 Å². The largest absolute Gasteiger partial charge is 0.451 e. The van der Waals surface area contributed by atoms with Crippen molar-refractivity contribution in [2.24, 2.45) is 0 Å². The summed E-state index contributed by atoms with van der Waals surface area (Å²) < 4.78 is 38.2. The predicted molar refractivity (Wildman–Crippen MR) is 94.6 cm³/mol. The van der Waals surface area contributed by atoms with Gasteiger partial charge in [-0.3, -0.25) is 4.90 Å². The lowest BCUT2D eigenvalue weighted by Gasteiger charge is -2.27. The highest BCUT2D eigenvalue weighted by molar-refractivity contribution is 7.15. The molecular weight excluding hydrogens is 359 g/mol. The molecule has 1 aliphatic rings. The number of halogens is 3. The molecule has 2 aromatic heterocycles. The molecular formula is C19H16F3N3S. The molecule has 134 valence electrons. The molecule has 3 aromatic rings. The summed E-state index contributed by atoms with van der Waals surface area (Å²) in [4.78, 5) is 11.9. The highest BCUT2D eigenvalue weighted by Crippen LogP contribution is 2.31. The molecule has 0 unspecified atom stereocenters. The fourth-order valence-electron chi connectivity index (χ4n) is 3.09. The van der Waals surface area contributed by atoms with Gasteiger partial charge in [0.05, 0.1) is 5.69 Å². The molecule has 1 aliphatic heterocycles. The third-order valence-corrected chi connectivity index (χ3v) is 5.49. The molecule has 3 heterocycles. The van der Waals surface area contributed by atoms with Crippen LogP contribution in [0.2, 0.25) is 0 Å². The maximum absolute atomic E-state index is 12.7. The first-order valence-corrected chi connectivity index (χ1v) is 9.09. The van der Waals surface area contributed by atoms with E-state index in [4.69, 9.17) is 0 Å². The van der Waals surface area contributed by atoms with Crippen LogP contribution in [0.5, 0.6) is 0 Å². The molecule has 0 radical (unpaired) electrons. The van der Waals surface area contributed by atoms with Gasteiger partial charge in [0.25, 0.3) is 0 Å². The van der Waals surface area contributed by atoms with Crippen LogP contribution in [0.25, 0.3) is 10.4 Å². The summed E-state index contributed by atoms with van der Waals surface area (Å²) >= 11 is 1.75. The Morgan fingerprint density at radius 2 is 1.88 bits per heavy atom. The van der Waals surface area contributed by atoms with Crippen molar-refractivity contribution in [3.63, 3.8) is 0 Å². The van der Waals surface area contributed by atoms with Gasteiger partial charge in [-0.25, -0.2) is 9.97 Å². The van der Waals surface area contributed by atoms with Crippen LogP contribution in [-0.4, -0.2) is 21.4 Å². The van der Waals surface area contributed by atoms with Crippen molar-refractivity contribution in [2.45, 2.75) is 25.7 Å². The van der Waals surface area contributed by atoms with E-state index in [1.807, 2.05) is 18.2 Å². The number of fused-ring (bicyclic) bond motifs is 1. The van der Waals surface area contributed by atoms with Gasteiger partial charge in [-0.05, 0) is 17.7 Å². The molecule has 0 fully saturated rings. The molecule has 3 nitrogen and oxygen atoms in total. The van der Waals surface area contributed by atoms with Crippen LogP contribution in [0, 0.1) is 0 Å². The Kier molecular flexibility index (Phi) is 4.50. The number of alkyl halides is 3. The van der Waals surface area contributed by atoms with Gasteiger partial charge >= 0.3 is 6.18 Å². The van der Waals surface area contributed by atoms with Crippen molar-refractivity contribution < 1.29 is 13.2 Å². The van der Waals surface area contributed by atoms with E-state index in [0.29, 0.717) is 25.2 Å². The van der Waals surface area contributed by atoms with Crippen molar-refractivity contribution in [2.75, 3.05) is 6.54 Å². The quantitative estimate of drug-likeness (QED) is 0.660. The minimum Gasteiger partial charge on any atom is -0.293 e. The van der Waals surface area contributed by atoms with E-state index in [0.717, 1.165) is 12.1 Å². The predicted octanol–water partition coefficient (Wildman–Crippen LogP) is 4.78. The van der Waals surface area contributed by atoms with Crippen LogP contribution < -0.4 is 0 Å². The van der Waals surface area contributed by atoms with Gasteiger partial charge in [0.1, 0.15) is 0 Å². The van der Waals surface area contributed by atoms with Crippen LogP contribution in [0.15, 0.2) is 48.7 Å². The lowest BCUT2D eigenvalue weighted by atomic mass is 10.1. The topological polar surface area (TPSA) is 29.0 Å². The van der Waals surface area contributed by atoms with Crippen LogP contribution in [0.3, 0.4) is 0 Å². The maximum atomic E-state index is 12.7. The molecule has 0 saturated heterocycles. The van der Waals surface area contributed by atoms with Crippen LogP contribution in [0.4, 0.5) is 13.2 Å². The average molecular weight is 375 g/mol. The Morgan fingerprint density at radius 3 is 2.65 bits per heavy atom. The zero-order chi connectivity index (χ0) is 18.1. The van der Waals surface area contributed by atoms with Gasteiger partial charge in [-0.1, -0.05) is 30.3 Å². The summed E-state index contributed by atoms with van der Waals surface area (Å²) in [6.45, 7) is 2.05. The fraction of sp³-hybridized carbons (Fsp3) is 0.263. The second-order valence-corrected chi connectivity index (χ2v) is 7.42. The Bertz CT molecular complexity index is 906. The second-order valence-electron chi connectivity index (χ2n) is 6.26. The zero-order valence-electron chi connectivity index (χ0n) is 13.8. The minimum atomic E-state index is -4.49. The molecule has 7 heteroatoms. The molecule has 0 saturated carbocycles. The Hall–Kier alpha value is -2.25. The van der Waals surface area contributed by atoms with Gasteiger partial charge in [0.15, 0.2) is 0 Å². The number of rotatable bonds is 3. The summed E-state index contributed by atoms with van der Waals surface area (Å²) in [6.07, 6.45) is -2.66. The first kappa shape index (κ1) is 17.2. The van der Waals surface area contributed by atoms with Crippen molar-refractivity contribution in [1.82, 2.24) is 14.9 Å². The van der Waals surface area contributed by atoms with Gasteiger partial charge in [0, 0.05) is 47.6 Å². The zero-order valence-corrected chi connectivity index (χ0v) is 14.6. The van der Waals surface area contributed by atoms with Crippen molar-refractivity contribution in [3.05, 3.63) is 70.6 Å². The highest BCUT2D eigenvalue weighted by Gasteiger charge is 2.35. The van der Waals surface area contributed by atoms with Crippen molar-refractivity contribution >= 4 is 11.3 Å². The summed E-state index contributed by atoms with van der Waals surface area (Å²) in [5.41, 5.74) is 2.49. The monoisotopic (exact) mass is 375 g/mol. The summed E-state index contributed by atoms with van der Waals surface area (Å²) in [5, 5.41) is 0. The molecule has 0 bridgehead atoms. The molecule has 4 rings (SSSR count). The van der Waals surface area contributed by atoms with E-state index in [9.17, 15) is 13.2 Å². The summed E-state index contributed by atoms with van der Waals surface area (Å²) in [7, 11) is 0. The summed E-state index contributed by atoms with van der Waals surface area (Å²) in [5.74, 6) is -1.05. The molecule has 0 atom stereocenters. The number of thiophene rings is 1. The number of hydrogen-bond donors (Lipinski definition) is 0. The van der Waals surface area contributed by atoms with Gasteiger partial charge in [-0.15, -0.1) is 11.3 Å². The maximum Gasteiger partial charge on any atom is 0.451 e. The summed E-state index contributed by atoms with van der Waals surface area (Å²) in [6, 6.07) is 14.4. The lowest BCUT2D eigenvalue weighted by molar-refractivity contribution is -0.145. The van der Waals surface area contributed by atoms with E-state index in [1.54, 1.807) is 11.3 Å². The number of benzene rings is 1. The van der Waals surface area contributed by atoms with E-state index in [-0.39, 0.29) is 0 Å². The molecule has 0 N–H and O–H groups in total. The molecule has 0 spiro atoms. The molecule has 0 aliphatic carbocycles. The van der Waals surface area contributed by atoms with Crippen LogP contribution >= 0.6 is 11.3 Å². The standard InChI is InChI=1S/C19H16F3N3S/c20-19(21,22)18-23-10-14-11-25(9-8-16(14)24-18)12-15-6-7-17(26-15)13-4-2-1-3-5-13/h1-7,10H,8-9,11-12H2. The second kappa shape index (κ2) is 6.81. The third kappa shape index (κ3) is 3.64. The SMILES string of the molecule is FC(F)(F)c1ncc2c(n1)CCN(Cc1ccc(-c3ccccc3)s1)C2. The van der Waals surface area contributed by atoms with E-state index < -0.39 is 12.0 Å². The first-order chi connectivity index (χ1) is 12.5. The third-order valence-electron chi connectivity index (χ3n) is 4.37. The highest BCUT2D eigenvalue weighted by atomic mass is 32.1. The van der Waals surface area contributed by atoms with Gasteiger partial charge in [-0.2, -0.15) is 13.2 Å². The van der Waals surface area contributed by atoms with Gasteiger partial charge in [0.2, 0.25) is 5.82 Å². The smallest absolute Gasteiger partial charge is 0.293 e. The Morgan fingerprint density at radius 1 is 1.08 bits per heavy atom. The number of hydrogen-bond acceptors (Lipinski definition) is 4. The number of nitrogens with zero attached hydrogens (tertiary/aromatic N) is 3. The fourth-order valence-corrected chi connectivity index (χ4v) is 4.14. The molecule has 26 heavy (non-hydrogen) atoms. The normalized spacial score (nSPS) is 15.0. The van der Waals surface area contributed by atoms with E-state index >= 15 is 0 Å². The van der Waals surface area contributed by atoms with Crippen LogP contribution in [-0.2, 0) is 25.7 Å².